The zero-order chi connectivity index (χ0) is 9.26. The van der Waals surface area contributed by atoms with Crippen LogP contribution in [0.4, 0.5) is 5.69 Å². The van der Waals surface area contributed by atoms with Gasteiger partial charge in [0.25, 0.3) is 0 Å². The second-order valence-electron chi connectivity index (χ2n) is 4.06. The first kappa shape index (κ1) is 8.60. The van der Waals surface area contributed by atoms with E-state index in [-0.39, 0.29) is 0 Å². The van der Waals surface area contributed by atoms with Crippen LogP contribution in [0, 0.1) is 5.92 Å². The van der Waals surface area contributed by atoms with Crippen LogP contribution in [-0.4, -0.2) is 11.7 Å². The predicted molar refractivity (Wildman–Crippen MR) is 51.9 cm³/mol. The largest absolute Gasteiger partial charge is 0.381 e. The van der Waals surface area contributed by atoms with Crippen LogP contribution in [0.1, 0.15) is 31.7 Å². The molecule has 2 rings (SSSR count). The molecule has 13 heavy (non-hydrogen) atoms. The van der Waals surface area contributed by atoms with Crippen molar-refractivity contribution in [2.45, 2.75) is 33.1 Å². The molecule has 1 aliphatic rings. The predicted octanol–water partition coefficient (Wildman–Crippen LogP) is 2.23. The summed E-state index contributed by atoms with van der Waals surface area (Å²) in [6, 6.07) is 0. The van der Waals surface area contributed by atoms with E-state index in [1.165, 1.54) is 5.69 Å². The van der Waals surface area contributed by atoms with Crippen LogP contribution < -0.4 is 5.32 Å². The molecule has 3 nitrogen and oxygen atoms in total. The Kier molecular flexibility index (Phi) is 2.25. The van der Waals surface area contributed by atoms with Gasteiger partial charge in [0.1, 0.15) is 11.4 Å². The first-order valence-electron chi connectivity index (χ1n) is 4.98. The summed E-state index contributed by atoms with van der Waals surface area (Å²) in [5.41, 5.74) is 2.27. The van der Waals surface area contributed by atoms with Crippen molar-refractivity contribution in [3.63, 3.8) is 0 Å². The molecule has 0 radical (unpaired) electrons. The van der Waals surface area contributed by atoms with E-state index in [0.717, 1.165) is 37.3 Å². The summed E-state index contributed by atoms with van der Waals surface area (Å²) in [4.78, 5) is 0. The van der Waals surface area contributed by atoms with Gasteiger partial charge in [-0.15, -0.1) is 0 Å². The Morgan fingerprint density at radius 3 is 3.15 bits per heavy atom. The molecule has 1 N–H and O–H groups in total. The molecule has 0 aromatic carbocycles. The van der Waals surface area contributed by atoms with Gasteiger partial charge in [-0.3, -0.25) is 0 Å². The highest BCUT2D eigenvalue weighted by Gasteiger charge is 2.19. The third-order valence-electron chi connectivity index (χ3n) is 2.32. The second kappa shape index (κ2) is 3.40. The number of fused-ring (bicyclic) bond motifs is 1. The molecule has 1 aromatic heterocycles. The van der Waals surface area contributed by atoms with Crippen LogP contribution in [0.15, 0.2) is 4.52 Å². The van der Waals surface area contributed by atoms with E-state index in [4.69, 9.17) is 4.52 Å². The maximum atomic E-state index is 5.28. The fourth-order valence-corrected chi connectivity index (χ4v) is 1.72. The van der Waals surface area contributed by atoms with Crippen LogP contribution in [0.2, 0.25) is 0 Å². The van der Waals surface area contributed by atoms with Gasteiger partial charge in [-0.25, -0.2) is 0 Å². The maximum absolute atomic E-state index is 5.28. The van der Waals surface area contributed by atoms with Gasteiger partial charge >= 0.3 is 0 Å². The lowest BCUT2D eigenvalue weighted by molar-refractivity contribution is 0.371. The Morgan fingerprint density at radius 2 is 2.38 bits per heavy atom. The Morgan fingerprint density at radius 1 is 1.54 bits per heavy atom. The maximum Gasteiger partial charge on any atom is 0.160 e. The van der Waals surface area contributed by atoms with Crippen molar-refractivity contribution in [2.75, 3.05) is 11.9 Å². The molecule has 2 heterocycles. The highest BCUT2D eigenvalue weighted by atomic mass is 16.5. The molecule has 0 saturated carbocycles. The smallest absolute Gasteiger partial charge is 0.160 e. The molecular weight excluding hydrogens is 164 g/mol. The Bertz CT molecular complexity index is 291. The Hall–Kier alpha value is -0.990. The van der Waals surface area contributed by atoms with Crippen molar-refractivity contribution in [3.8, 4) is 0 Å². The molecule has 0 unspecified atom stereocenters. The minimum Gasteiger partial charge on any atom is -0.381 e. The van der Waals surface area contributed by atoms with E-state index >= 15 is 0 Å². The SMILES string of the molecule is CC(C)Cc1noc2c1NCCC2. The Balaban J connectivity index is 2.21. The Labute approximate surface area is 78.5 Å². The van der Waals surface area contributed by atoms with E-state index < -0.39 is 0 Å². The van der Waals surface area contributed by atoms with Crippen molar-refractivity contribution in [1.29, 1.82) is 0 Å². The van der Waals surface area contributed by atoms with Gasteiger partial charge in [-0.05, 0) is 18.8 Å². The van der Waals surface area contributed by atoms with Crippen molar-refractivity contribution in [3.05, 3.63) is 11.5 Å². The summed E-state index contributed by atoms with van der Waals surface area (Å²) in [6.07, 6.45) is 3.20. The van der Waals surface area contributed by atoms with E-state index in [2.05, 4.69) is 24.3 Å². The first-order chi connectivity index (χ1) is 6.27. The van der Waals surface area contributed by atoms with Gasteiger partial charge in [0.15, 0.2) is 5.76 Å². The quantitative estimate of drug-likeness (QED) is 0.758. The van der Waals surface area contributed by atoms with Gasteiger partial charge in [-0.1, -0.05) is 19.0 Å². The zero-order valence-electron chi connectivity index (χ0n) is 8.26. The topological polar surface area (TPSA) is 38.1 Å². The molecule has 3 heteroatoms. The standard InChI is InChI=1S/C10H16N2O/c1-7(2)6-8-10-9(13-12-8)4-3-5-11-10/h7,11H,3-6H2,1-2H3. The average Bonchev–Trinajstić information content (AvgIpc) is 2.48. The number of anilines is 1. The minimum atomic E-state index is 0.637. The molecule has 72 valence electrons. The molecule has 0 saturated heterocycles. The highest BCUT2D eigenvalue weighted by Crippen LogP contribution is 2.27. The molecule has 1 aromatic rings. The van der Waals surface area contributed by atoms with Crippen LogP contribution in [-0.2, 0) is 12.8 Å². The minimum absolute atomic E-state index is 0.637. The third kappa shape index (κ3) is 1.69. The van der Waals surface area contributed by atoms with Crippen LogP contribution >= 0.6 is 0 Å². The second-order valence-corrected chi connectivity index (χ2v) is 4.06. The van der Waals surface area contributed by atoms with Crippen molar-refractivity contribution < 1.29 is 4.52 Å². The summed E-state index contributed by atoms with van der Waals surface area (Å²) in [6.45, 7) is 5.45. The van der Waals surface area contributed by atoms with E-state index in [9.17, 15) is 0 Å². The van der Waals surface area contributed by atoms with Gasteiger partial charge < -0.3 is 9.84 Å². The first-order valence-corrected chi connectivity index (χ1v) is 4.98. The number of nitrogens with one attached hydrogen (secondary N) is 1. The van der Waals surface area contributed by atoms with Gasteiger partial charge in [-0.2, -0.15) is 0 Å². The monoisotopic (exact) mass is 180 g/mol. The van der Waals surface area contributed by atoms with Crippen molar-refractivity contribution in [1.82, 2.24) is 5.16 Å². The summed E-state index contributed by atoms with van der Waals surface area (Å²) in [5, 5.41) is 7.46. The fourth-order valence-electron chi connectivity index (χ4n) is 1.72. The molecule has 0 atom stereocenters. The number of rotatable bonds is 2. The fraction of sp³-hybridized carbons (Fsp3) is 0.700. The number of aromatic nitrogens is 1. The lowest BCUT2D eigenvalue weighted by Crippen LogP contribution is -2.11. The van der Waals surface area contributed by atoms with Crippen molar-refractivity contribution in [2.24, 2.45) is 5.92 Å². The summed E-state index contributed by atoms with van der Waals surface area (Å²) < 4.78 is 5.28. The normalized spacial score (nSPS) is 15.6. The molecule has 0 fully saturated rings. The summed E-state index contributed by atoms with van der Waals surface area (Å²) in [7, 11) is 0. The van der Waals surface area contributed by atoms with Crippen LogP contribution in [0.25, 0.3) is 0 Å². The zero-order valence-corrected chi connectivity index (χ0v) is 8.26. The number of hydrogen-bond donors (Lipinski definition) is 1. The van der Waals surface area contributed by atoms with Gasteiger partial charge in [0, 0.05) is 13.0 Å². The van der Waals surface area contributed by atoms with E-state index in [1.54, 1.807) is 0 Å². The molecule has 0 amide bonds. The molecule has 1 aliphatic heterocycles. The molecule has 0 aliphatic carbocycles. The molecule has 0 bridgehead atoms. The van der Waals surface area contributed by atoms with Crippen molar-refractivity contribution >= 4 is 5.69 Å². The van der Waals surface area contributed by atoms with E-state index in [0.29, 0.717) is 5.92 Å². The third-order valence-corrected chi connectivity index (χ3v) is 2.32. The van der Waals surface area contributed by atoms with Gasteiger partial charge in [0.05, 0.1) is 0 Å². The highest BCUT2D eigenvalue weighted by molar-refractivity contribution is 5.52. The lowest BCUT2D eigenvalue weighted by Gasteiger charge is -2.12. The van der Waals surface area contributed by atoms with Gasteiger partial charge in [0.2, 0.25) is 0 Å². The number of hydrogen-bond acceptors (Lipinski definition) is 3. The van der Waals surface area contributed by atoms with Crippen LogP contribution in [0.5, 0.6) is 0 Å². The number of nitrogens with zero attached hydrogens (tertiary/aromatic N) is 1. The summed E-state index contributed by atoms with van der Waals surface area (Å²) >= 11 is 0. The molecule has 0 spiro atoms. The van der Waals surface area contributed by atoms with E-state index in [1.807, 2.05) is 0 Å². The molecular formula is C10H16N2O. The lowest BCUT2D eigenvalue weighted by atomic mass is 10.0. The summed E-state index contributed by atoms with van der Waals surface area (Å²) in [5.74, 6) is 1.68. The van der Waals surface area contributed by atoms with Crippen LogP contribution in [0.3, 0.4) is 0 Å². The number of aryl methyl sites for hydroxylation is 1. The average molecular weight is 180 g/mol.